The molecule has 0 saturated carbocycles. The molecule has 0 bridgehead atoms. The third-order valence-corrected chi connectivity index (χ3v) is 2.91. The molecule has 0 spiro atoms. The summed E-state index contributed by atoms with van der Waals surface area (Å²) in [5, 5.41) is 0. The van der Waals surface area contributed by atoms with E-state index in [2.05, 4.69) is 11.2 Å². The summed E-state index contributed by atoms with van der Waals surface area (Å²) in [5.74, 6) is 0. The average molecular weight is 273 g/mol. The van der Waals surface area contributed by atoms with Gasteiger partial charge in [-0.15, -0.1) is 0 Å². The van der Waals surface area contributed by atoms with E-state index in [0.717, 1.165) is 13.1 Å². The van der Waals surface area contributed by atoms with Gasteiger partial charge in [0, 0.05) is 14.2 Å². The number of hydrogen-bond donors (Lipinski definition) is 0. The van der Waals surface area contributed by atoms with Crippen molar-refractivity contribution in [2.24, 2.45) is 4.99 Å². The Hall–Kier alpha value is -0.790. The Balaban J connectivity index is 2.18. The Bertz CT molecular complexity index is 254. The molecule has 1 rings (SSSR count). The third kappa shape index (κ3) is 6.79. The number of ether oxygens (including phenoxy) is 4. The van der Waals surface area contributed by atoms with Crippen LogP contribution in [0, 0.1) is 0 Å². The van der Waals surface area contributed by atoms with Gasteiger partial charge in [-0.3, -0.25) is 0 Å². The third-order valence-electron chi connectivity index (χ3n) is 2.91. The fourth-order valence-electron chi connectivity index (χ4n) is 1.72. The van der Waals surface area contributed by atoms with E-state index >= 15 is 0 Å². The second-order valence-corrected chi connectivity index (χ2v) is 4.32. The Morgan fingerprint density at radius 3 is 1.84 bits per heavy atom. The summed E-state index contributed by atoms with van der Waals surface area (Å²) < 4.78 is 21.6. The van der Waals surface area contributed by atoms with Crippen molar-refractivity contribution in [2.45, 2.75) is 0 Å². The number of nitrogens with zero attached hydrogens (tertiary/aromatic N) is 2. The summed E-state index contributed by atoms with van der Waals surface area (Å²) in [5.41, 5.74) is 0. The first-order valence-corrected chi connectivity index (χ1v) is 6.55. The van der Waals surface area contributed by atoms with Crippen molar-refractivity contribution < 1.29 is 23.4 Å². The van der Waals surface area contributed by atoms with E-state index in [1.54, 1.807) is 14.2 Å². The van der Waals surface area contributed by atoms with Crippen LogP contribution in [0.2, 0.25) is 0 Å². The summed E-state index contributed by atoms with van der Waals surface area (Å²) in [6.07, 6.45) is 5.82. The highest BCUT2D eigenvalue weighted by atomic mass is 16.5. The first-order chi connectivity index (χ1) is 9.33. The van der Waals surface area contributed by atoms with Crippen LogP contribution in [0.1, 0.15) is 0 Å². The van der Waals surface area contributed by atoms with E-state index in [1.807, 2.05) is 12.5 Å². The highest BCUT2D eigenvalue weighted by Crippen LogP contribution is 2.10. The summed E-state index contributed by atoms with van der Waals surface area (Å²) in [7, 11) is 3.34. The zero-order chi connectivity index (χ0) is 13.8. The van der Waals surface area contributed by atoms with Crippen LogP contribution < -0.4 is 0 Å². The molecular weight excluding hydrogens is 248 g/mol. The topological polar surface area (TPSA) is 49.3 Å². The monoisotopic (exact) mass is 273 g/mol. The minimum absolute atomic E-state index is 0.627. The van der Waals surface area contributed by atoms with Gasteiger partial charge in [-0.1, -0.05) is 0 Å². The predicted octanol–water partition coefficient (Wildman–Crippen LogP) is 0.642. The van der Waals surface area contributed by atoms with E-state index in [0.29, 0.717) is 44.1 Å². The maximum Gasteiger partial charge on any atom is 0.194 e. The van der Waals surface area contributed by atoms with E-state index in [9.17, 15) is 0 Å². The minimum Gasteiger partial charge on any atom is -0.382 e. The molecule has 0 aliphatic carbocycles. The lowest BCUT2D eigenvalue weighted by Gasteiger charge is -2.27. The molecule has 19 heavy (non-hydrogen) atoms. The molecule has 0 atom stereocenters. The van der Waals surface area contributed by atoms with Crippen molar-refractivity contribution in [3.63, 3.8) is 0 Å². The van der Waals surface area contributed by atoms with Gasteiger partial charge < -0.3 is 18.9 Å². The van der Waals surface area contributed by atoms with Crippen LogP contribution in [0.5, 0.6) is 0 Å². The van der Waals surface area contributed by atoms with Crippen LogP contribution >= 0.6 is 0 Å². The van der Waals surface area contributed by atoms with Gasteiger partial charge in [-0.25, -0.2) is 9.48 Å². The van der Waals surface area contributed by atoms with Gasteiger partial charge in [0.05, 0.1) is 45.8 Å². The molecule has 6 heteroatoms. The van der Waals surface area contributed by atoms with Crippen molar-refractivity contribution in [1.82, 2.24) is 0 Å². The molecule has 0 aromatic heterocycles. The highest BCUT2D eigenvalue weighted by molar-refractivity contribution is 5.50. The van der Waals surface area contributed by atoms with Crippen molar-refractivity contribution in [1.29, 1.82) is 0 Å². The van der Waals surface area contributed by atoms with Gasteiger partial charge in [0.2, 0.25) is 0 Å². The van der Waals surface area contributed by atoms with Gasteiger partial charge in [0.25, 0.3) is 0 Å². The van der Waals surface area contributed by atoms with E-state index < -0.39 is 0 Å². The SMILES string of the molecule is COCCOCC[N+]1(CCOCCOC)C=CN=C1. The normalized spacial score (nSPS) is 16.3. The van der Waals surface area contributed by atoms with Gasteiger partial charge in [-0.2, -0.15) is 0 Å². The molecule has 1 aliphatic heterocycles. The Labute approximate surface area is 115 Å². The molecule has 110 valence electrons. The van der Waals surface area contributed by atoms with Crippen molar-refractivity contribution in [2.75, 3.05) is 67.0 Å². The van der Waals surface area contributed by atoms with Crippen LogP contribution in [0.25, 0.3) is 0 Å². The van der Waals surface area contributed by atoms with Crippen molar-refractivity contribution in [3.05, 3.63) is 12.4 Å². The fraction of sp³-hybridized carbons (Fsp3) is 0.769. The number of aliphatic imine (C=N–C) groups is 1. The van der Waals surface area contributed by atoms with Crippen LogP contribution in [0.4, 0.5) is 0 Å². The molecule has 0 aromatic rings. The average Bonchev–Trinajstić information content (AvgIpc) is 2.88. The number of quaternary nitrogens is 1. The Morgan fingerprint density at radius 2 is 1.42 bits per heavy atom. The summed E-state index contributed by atoms with van der Waals surface area (Å²) in [6, 6.07) is 0. The van der Waals surface area contributed by atoms with Gasteiger partial charge in [-0.05, 0) is 0 Å². The van der Waals surface area contributed by atoms with E-state index in [1.165, 1.54) is 0 Å². The first kappa shape index (κ1) is 16.3. The fourth-order valence-corrected chi connectivity index (χ4v) is 1.72. The van der Waals surface area contributed by atoms with Crippen molar-refractivity contribution >= 4 is 6.34 Å². The lowest BCUT2D eigenvalue weighted by Crippen LogP contribution is -2.45. The van der Waals surface area contributed by atoms with Crippen LogP contribution in [0.15, 0.2) is 17.4 Å². The maximum absolute atomic E-state index is 5.51. The predicted molar refractivity (Wildman–Crippen MR) is 73.0 cm³/mol. The molecular formula is C13H25N2O4+. The lowest BCUT2D eigenvalue weighted by molar-refractivity contribution is -0.781. The molecule has 0 N–H and O–H groups in total. The summed E-state index contributed by atoms with van der Waals surface area (Å²) in [6.45, 7) is 5.59. The molecule has 0 radical (unpaired) electrons. The van der Waals surface area contributed by atoms with Crippen molar-refractivity contribution in [3.8, 4) is 0 Å². The van der Waals surface area contributed by atoms with E-state index in [-0.39, 0.29) is 0 Å². The molecule has 6 nitrogen and oxygen atoms in total. The van der Waals surface area contributed by atoms with Crippen LogP contribution in [-0.2, 0) is 18.9 Å². The number of methoxy groups -OCH3 is 2. The van der Waals surface area contributed by atoms with Crippen LogP contribution in [0.3, 0.4) is 0 Å². The van der Waals surface area contributed by atoms with E-state index in [4.69, 9.17) is 18.9 Å². The second kappa shape index (κ2) is 10.1. The maximum atomic E-state index is 5.51. The summed E-state index contributed by atoms with van der Waals surface area (Å²) >= 11 is 0. The standard InChI is InChI=1S/C13H25N2O4/c1-16-9-11-18-7-5-15(4-3-14-13-15)6-8-19-12-10-17-2/h3-4,13H,5-12H2,1-2H3/q+1. The van der Waals surface area contributed by atoms with Gasteiger partial charge in [0.1, 0.15) is 19.3 Å². The zero-order valence-corrected chi connectivity index (χ0v) is 11.9. The quantitative estimate of drug-likeness (QED) is 0.387. The summed E-state index contributed by atoms with van der Waals surface area (Å²) in [4.78, 5) is 4.17. The highest BCUT2D eigenvalue weighted by Gasteiger charge is 2.25. The molecule has 0 saturated heterocycles. The second-order valence-electron chi connectivity index (χ2n) is 4.32. The molecule has 0 amide bonds. The number of rotatable bonds is 12. The molecule has 1 heterocycles. The molecule has 1 aliphatic rings. The van der Waals surface area contributed by atoms with Crippen LogP contribution in [-0.4, -0.2) is 77.8 Å². The van der Waals surface area contributed by atoms with Gasteiger partial charge >= 0.3 is 0 Å². The Kier molecular flexibility index (Phi) is 8.61. The molecule has 0 unspecified atom stereocenters. The molecule has 0 fully saturated rings. The Morgan fingerprint density at radius 1 is 0.842 bits per heavy atom. The lowest BCUT2D eigenvalue weighted by atomic mass is 10.4. The number of hydrogen-bond acceptors (Lipinski definition) is 5. The first-order valence-electron chi connectivity index (χ1n) is 6.55. The largest absolute Gasteiger partial charge is 0.382 e. The zero-order valence-electron chi connectivity index (χ0n) is 11.9. The molecule has 0 aromatic carbocycles. The van der Waals surface area contributed by atoms with Gasteiger partial charge in [0.15, 0.2) is 6.34 Å². The minimum atomic E-state index is 0.627. The smallest absolute Gasteiger partial charge is 0.194 e.